The predicted molar refractivity (Wildman–Crippen MR) is 154 cm³/mol. The highest BCUT2D eigenvalue weighted by Gasteiger charge is 2.20. The minimum absolute atomic E-state index is 0.302. The molecule has 1 aliphatic heterocycles. The maximum atomic E-state index is 8.54. The van der Waals surface area contributed by atoms with Crippen LogP contribution >= 0.6 is 11.8 Å². The van der Waals surface area contributed by atoms with Gasteiger partial charge in [-0.2, -0.15) is 0 Å². The smallest absolute Gasteiger partial charge is 0.0961 e. The summed E-state index contributed by atoms with van der Waals surface area (Å²) < 4.78 is 0. The van der Waals surface area contributed by atoms with E-state index < -0.39 is 0 Å². The molecular formula is C29H43N5S. The molecule has 1 aliphatic rings. The highest BCUT2D eigenvalue weighted by atomic mass is 32.2. The zero-order valence-electron chi connectivity index (χ0n) is 21.5. The molecule has 0 amide bonds. The quantitative estimate of drug-likeness (QED) is 0.190. The Morgan fingerprint density at radius 3 is 2.14 bits per heavy atom. The normalized spacial score (nSPS) is 16.1. The van der Waals surface area contributed by atoms with E-state index in [1.807, 2.05) is 36.4 Å². The number of rotatable bonds is 12. The van der Waals surface area contributed by atoms with E-state index in [1.54, 1.807) is 0 Å². The summed E-state index contributed by atoms with van der Waals surface area (Å²) in [6.45, 7) is 14.0. The molecule has 2 atom stereocenters. The first-order valence-corrected chi connectivity index (χ1v) is 13.9. The van der Waals surface area contributed by atoms with Crippen molar-refractivity contribution in [1.29, 1.82) is 5.41 Å². The van der Waals surface area contributed by atoms with Gasteiger partial charge in [-0.15, -0.1) is 0 Å². The molecule has 190 valence electrons. The summed E-state index contributed by atoms with van der Waals surface area (Å²) in [5, 5.41) is 8.72. The number of benzene rings is 2. The van der Waals surface area contributed by atoms with Gasteiger partial charge < -0.3 is 16.4 Å². The molecule has 2 unspecified atom stereocenters. The van der Waals surface area contributed by atoms with E-state index in [0.717, 1.165) is 48.8 Å². The van der Waals surface area contributed by atoms with Gasteiger partial charge >= 0.3 is 0 Å². The zero-order chi connectivity index (χ0) is 25.2. The molecule has 0 radical (unpaired) electrons. The first-order chi connectivity index (χ1) is 16.9. The maximum absolute atomic E-state index is 8.54. The van der Waals surface area contributed by atoms with Crippen molar-refractivity contribution >= 4 is 28.2 Å². The van der Waals surface area contributed by atoms with Gasteiger partial charge in [-0.3, -0.25) is 10.3 Å². The highest BCUT2D eigenvalue weighted by Crippen LogP contribution is 2.29. The Kier molecular flexibility index (Phi) is 10.7. The topological polar surface area (TPSA) is 82.4 Å². The number of nitrogens with one attached hydrogen (secondary N) is 1. The van der Waals surface area contributed by atoms with Crippen LogP contribution in [0.2, 0.25) is 0 Å². The van der Waals surface area contributed by atoms with Gasteiger partial charge in [0.1, 0.15) is 0 Å². The van der Waals surface area contributed by atoms with Gasteiger partial charge in [0.25, 0.3) is 0 Å². The van der Waals surface area contributed by atoms with E-state index in [0.29, 0.717) is 10.7 Å². The van der Waals surface area contributed by atoms with Gasteiger partial charge in [-0.05, 0) is 42.0 Å². The third kappa shape index (κ3) is 8.13. The SMILES string of the molecule is C=C(N)c1ccc(C(N)SC(=N)c2ccc(N3CCN(CC(CCC)CCCC)CC3)cc2)cc1. The molecule has 0 aliphatic carbocycles. The van der Waals surface area contributed by atoms with Crippen molar-refractivity contribution in [2.45, 2.75) is 51.3 Å². The lowest BCUT2D eigenvalue weighted by atomic mass is 9.96. The number of piperazine rings is 1. The molecule has 2 aromatic carbocycles. The second-order valence-corrected chi connectivity index (χ2v) is 10.8. The molecule has 35 heavy (non-hydrogen) atoms. The number of thioether (sulfide) groups is 1. The molecule has 0 spiro atoms. The lowest BCUT2D eigenvalue weighted by molar-refractivity contribution is 0.204. The molecule has 0 bridgehead atoms. The minimum Gasteiger partial charge on any atom is -0.399 e. The largest absolute Gasteiger partial charge is 0.399 e. The Bertz CT molecular complexity index is 933. The van der Waals surface area contributed by atoms with Crippen LogP contribution < -0.4 is 16.4 Å². The predicted octanol–water partition coefficient (Wildman–Crippen LogP) is 6.06. The van der Waals surface area contributed by atoms with Crippen LogP contribution in [-0.2, 0) is 0 Å². The van der Waals surface area contributed by atoms with E-state index >= 15 is 0 Å². The fraction of sp³-hybridized carbons (Fsp3) is 0.483. The van der Waals surface area contributed by atoms with Crippen LogP contribution in [0.3, 0.4) is 0 Å². The number of hydrogen-bond acceptors (Lipinski definition) is 6. The summed E-state index contributed by atoms with van der Waals surface area (Å²) in [5.41, 5.74) is 16.6. The lowest BCUT2D eigenvalue weighted by Gasteiger charge is -2.37. The second kappa shape index (κ2) is 13.7. The number of nitrogens with zero attached hydrogens (tertiary/aromatic N) is 2. The summed E-state index contributed by atoms with van der Waals surface area (Å²) in [6.07, 6.45) is 6.66. The van der Waals surface area contributed by atoms with Gasteiger partial charge in [0, 0.05) is 49.7 Å². The van der Waals surface area contributed by atoms with Crippen molar-refractivity contribution in [3.05, 3.63) is 71.8 Å². The Balaban J connectivity index is 1.49. The summed E-state index contributed by atoms with van der Waals surface area (Å²) >= 11 is 1.36. The molecule has 3 rings (SSSR count). The lowest BCUT2D eigenvalue weighted by Crippen LogP contribution is -2.47. The Morgan fingerprint density at radius 2 is 1.57 bits per heavy atom. The summed E-state index contributed by atoms with van der Waals surface area (Å²) in [7, 11) is 0. The fourth-order valence-electron chi connectivity index (χ4n) is 4.76. The van der Waals surface area contributed by atoms with E-state index in [-0.39, 0.29) is 5.37 Å². The molecule has 5 N–H and O–H groups in total. The standard InChI is InChI=1S/C29H43N5S/c1-4-6-8-23(7-5-2)21-33-17-19-34(20-18-33)27-15-13-26(14-16-27)29(32)35-28(31)25-11-9-24(10-12-25)22(3)30/h9-16,23,28,32H,3-8,17-21,30-31H2,1-2H3. The third-order valence-electron chi connectivity index (χ3n) is 6.90. The van der Waals surface area contributed by atoms with Crippen LogP contribution in [0.15, 0.2) is 55.1 Å². The molecule has 1 saturated heterocycles. The van der Waals surface area contributed by atoms with Crippen LogP contribution in [0, 0.1) is 11.3 Å². The van der Waals surface area contributed by atoms with Gasteiger partial charge in [0.05, 0.1) is 10.4 Å². The fourth-order valence-corrected chi connectivity index (χ4v) is 5.57. The summed E-state index contributed by atoms with van der Waals surface area (Å²) in [4.78, 5) is 5.13. The highest BCUT2D eigenvalue weighted by molar-refractivity contribution is 8.14. The van der Waals surface area contributed by atoms with Crippen molar-refractivity contribution in [2.75, 3.05) is 37.6 Å². The van der Waals surface area contributed by atoms with Crippen LogP contribution in [0.1, 0.15) is 68.0 Å². The van der Waals surface area contributed by atoms with Crippen molar-refractivity contribution in [2.24, 2.45) is 17.4 Å². The first kappa shape index (κ1) is 27.3. The Morgan fingerprint density at radius 1 is 0.943 bits per heavy atom. The molecular weight excluding hydrogens is 450 g/mol. The van der Waals surface area contributed by atoms with E-state index in [2.05, 4.69) is 42.4 Å². The van der Waals surface area contributed by atoms with Crippen molar-refractivity contribution in [3.63, 3.8) is 0 Å². The van der Waals surface area contributed by atoms with Crippen LogP contribution in [0.25, 0.3) is 5.70 Å². The molecule has 5 nitrogen and oxygen atoms in total. The van der Waals surface area contributed by atoms with Crippen molar-refractivity contribution in [3.8, 4) is 0 Å². The number of unbranched alkanes of at least 4 members (excludes halogenated alkanes) is 1. The molecule has 2 aromatic rings. The van der Waals surface area contributed by atoms with Crippen LogP contribution in [-0.4, -0.2) is 42.7 Å². The van der Waals surface area contributed by atoms with Gasteiger partial charge in [0.15, 0.2) is 0 Å². The molecule has 6 heteroatoms. The van der Waals surface area contributed by atoms with Crippen LogP contribution in [0.4, 0.5) is 5.69 Å². The van der Waals surface area contributed by atoms with E-state index in [1.165, 1.54) is 56.1 Å². The molecule has 0 saturated carbocycles. The third-order valence-corrected chi connectivity index (χ3v) is 7.90. The first-order valence-electron chi connectivity index (χ1n) is 13.0. The number of anilines is 1. The van der Waals surface area contributed by atoms with Crippen molar-refractivity contribution < 1.29 is 0 Å². The molecule has 1 fully saturated rings. The monoisotopic (exact) mass is 493 g/mol. The van der Waals surface area contributed by atoms with Crippen molar-refractivity contribution in [1.82, 2.24) is 4.90 Å². The average molecular weight is 494 g/mol. The van der Waals surface area contributed by atoms with E-state index in [4.69, 9.17) is 16.9 Å². The summed E-state index contributed by atoms with van der Waals surface area (Å²) in [6, 6.07) is 16.1. The minimum atomic E-state index is -0.302. The molecule has 1 heterocycles. The summed E-state index contributed by atoms with van der Waals surface area (Å²) in [5.74, 6) is 0.846. The van der Waals surface area contributed by atoms with Gasteiger partial charge in [-0.25, -0.2) is 0 Å². The second-order valence-electron chi connectivity index (χ2n) is 9.65. The number of hydrogen-bond donors (Lipinski definition) is 3. The molecule has 0 aromatic heterocycles. The van der Waals surface area contributed by atoms with Crippen LogP contribution in [0.5, 0.6) is 0 Å². The number of nitrogens with two attached hydrogens (primary N) is 2. The van der Waals surface area contributed by atoms with E-state index in [9.17, 15) is 0 Å². The maximum Gasteiger partial charge on any atom is 0.0961 e. The Labute approximate surface area is 216 Å². The van der Waals surface area contributed by atoms with Gasteiger partial charge in [0.2, 0.25) is 0 Å². The average Bonchev–Trinajstić information content (AvgIpc) is 2.88. The van der Waals surface area contributed by atoms with Gasteiger partial charge in [-0.1, -0.05) is 87.8 Å². The Hall–Kier alpha value is -2.28. The zero-order valence-corrected chi connectivity index (χ0v) is 22.3.